The van der Waals surface area contributed by atoms with Crippen LogP contribution in [0.15, 0.2) is 186 Å². The first-order valence-corrected chi connectivity index (χ1v) is 31.3. The van der Waals surface area contributed by atoms with Gasteiger partial charge in [0.05, 0.1) is 38.3 Å². The van der Waals surface area contributed by atoms with Crippen molar-refractivity contribution >= 4 is 173 Å². The highest BCUT2D eigenvalue weighted by atomic mass is 35.5. The maximum Gasteiger partial charge on any atom is 0.344 e. The molecule has 0 saturated carbocycles. The highest BCUT2D eigenvalue weighted by Gasteiger charge is 2.25. The molecule has 1 aliphatic rings. The zero-order chi connectivity index (χ0) is 61.2. The molecule has 21 nitrogen and oxygen atoms in total. The van der Waals surface area contributed by atoms with E-state index >= 15 is 0 Å². The van der Waals surface area contributed by atoms with Crippen LogP contribution in [-0.2, 0) is 29.6 Å². The third-order valence-electron chi connectivity index (χ3n) is 12.0. The number of benzene rings is 6. The van der Waals surface area contributed by atoms with Crippen molar-refractivity contribution in [1.82, 2.24) is 20.4 Å². The summed E-state index contributed by atoms with van der Waals surface area (Å²) in [5.74, 6) is -2.08. The van der Waals surface area contributed by atoms with Crippen molar-refractivity contribution in [3.05, 3.63) is 172 Å². The summed E-state index contributed by atoms with van der Waals surface area (Å²) >= 11 is 25.4. The molecule has 2 aromatic heterocycles. The van der Waals surface area contributed by atoms with Crippen LogP contribution < -0.4 is 29.3 Å². The Morgan fingerprint density at radius 3 is 1.47 bits per heavy atom. The van der Waals surface area contributed by atoms with Crippen molar-refractivity contribution < 1.29 is 31.2 Å². The number of nitrogens with one attached hydrogen (secondary N) is 3. The number of allylic oxidation sites excluding steroid dienone is 5. The van der Waals surface area contributed by atoms with Gasteiger partial charge in [0.1, 0.15) is 15.7 Å². The van der Waals surface area contributed by atoms with Gasteiger partial charge in [0.2, 0.25) is 15.1 Å². The third-order valence-corrected chi connectivity index (χ3v) is 17.2. The summed E-state index contributed by atoms with van der Waals surface area (Å²) < 4.78 is 61.9. The van der Waals surface area contributed by atoms with Crippen molar-refractivity contribution in [3.8, 4) is 5.75 Å². The number of fused-ring (bicyclic) bond motifs is 1. The number of rotatable bonds is 18. The number of azo groups is 2. The van der Waals surface area contributed by atoms with E-state index in [9.17, 15) is 26.4 Å². The van der Waals surface area contributed by atoms with Gasteiger partial charge in [-0.15, -0.1) is 30.6 Å². The molecule has 438 valence electrons. The van der Waals surface area contributed by atoms with Gasteiger partial charge in [-0.05, 0) is 133 Å². The number of aromatic nitrogens is 4. The van der Waals surface area contributed by atoms with Crippen LogP contribution in [0.25, 0.3) is 16.3 Å². The second kappa shape index (κ2) is 27.8. The average Bonchev–Trinajstić information content (AvgIpc) is 2.36. The maximum absolute atomic E-state index is 12.9. The Morgan fingerprint density at radius 2 is 1.06 bits per heavy atom. The van der Waals surface area contributed by atoms with Crippen molar-refractivity contribution in [3.63, 3.8) is 0 Å². The minimum absolute atomic E-state index is 0.0399. The third kappa shape index (κ3) is 16.3. The number of aryl methyl sites for hydroxylation is 2. The van der Waals surface area contributed by atoms with Crippen molar-refractivity contribution in [2.24, 2.45) is 25.4 Å². The Hall–Kier alpha value is -8.01. The summed E-state index contributed by atoms with van der Waals surface area (Å²) in [6.07, 6.45) is 8.43. The molecular weight excluding hydrogens is 1250 g/mol. The Kier molecular flexibility index (Phi) is 20.6. The van der Waals surface area contributed by atoms with Gasteiger partial charge in [-0.1, -0.05) is 118 Å². The molecule has 0 spiro atoms. The van der Waals surface area contributed by atoms with E-state index in [1.54, 1.807) is 13.8 Å². The van der Waals surface area contributed by atoms with E-state index in [0.717, 1.165) is 28.4 Å². The standard InChI is InChI=1S/C32H23Cl4N11O7S4.C24H27N3/c1-15-38-44-31(55-15)46-57(50,51)19-10-6-17(7-11-19)40-42-23-14-24(43-41-18-8-12-20(13-9-18)58(52,53)47-32-45-39-16(2)56-32)26(54-30(49)28(35)36)21-4-3-5-22(25(21)23)37-29(48)27(33)34;1-25-21-12-6-18(7-13-21)24(19-8-14-22(15-9-19)26(2)3)20-10-16-23(17-11-20)27(4)5/h3-14,27-28H,1-2H3,(H,37,48)(H,44,46)(H,45,47);6-17H,1-5H3. The molecule has 1 aliphatic carbocycles. The minimum atomic E-state index is -4.02. The minimum Gasteiger partial charge on any atom is -0.421 e. The van der Waals surface area contributed by atoms with Crippen LogP contribution in [0.4, 0.5) is 50.1 Å². The molecule has 9 rings (SSSR count). The summed E-state index contributed by atoms with van der Waals surface area (Å²) in [6.45, 7) is 3.36. The maximum atomic E-state index is 12.9. The molecule has 8 aromatic rings. The molecule has 0 aliphatic heterocycles. The first-order valence-electron chi connectivity index (χ1n) is 25.0. The van der Waals surface area contributed by atoms with E-state index in [-0.39, 0.29) is 65.0 Å². The van der Waals surface area contributed by atoms with Gasteiger partial charge in [0.25, 0.3) is 26.0 Å². The molecule has 0 bridgehead atoms. The van der Waals surface area contributed by atoms with Crippen LogP contribution in [0, 0.1) is 13.8 Å². The lowest BCUT2D eigenvalue weighted by atomic mass is 9.90. The van der Waals surface area contributed by atoms with Crippen LogP contribution in [0.2, 0.25) is 0 Å². The molecule has 85 heavy (non-hydrogen) atoms. The van der Waals surface area contributed by atoms with Crippen molar-refractivity contribution in [2.75, 3.05) is 59.8 Å². The van der Waals surface area contributed by atoms with E-state index in [0.29, 0.717) is 10.0 Å². The van der Waals surface area contributed by atoms with Gasteiger partial charge in [-0.2, -0.15) is 10.2 Å². The smallest absolute Gasteiger partial charge is 0.344 e. The van der Waals surface area contributed by atoms with Gasteiger partial charge < -0.3 is 19.9 Å². The summed E-state index contributed by atoms with van der Waals surface area (Å²) in [6, 6.07) is 34.0. The van der Waals surface area contributed by atoms with Gasteiger partial charge in [0.15, 0.2) is 10.6 Å². The number of esters is 1. The molecule has 6 aromatic carbocycles. The quantitative estimate of drug-likeness (QED) is 0.0313. The number of hydrogen-bond donors (Lipinski definition) is 3. The van der Waals surface area contributed by atoms with Crippen LogP contribution in [0.5, 0.6) is 5.75 Å². The molecule has 29 heteroatoms. The first-order chi connectivity index (χ1) is 40.5. The molecule has 1 amide bonds. The summed E-state index contributed by atoms with van der Waals surface area (Å²) in [5, 5.41) is 36.5. The fraction of sp³-hybridized carbons (Fsp3) is 0.161. The zero-order valence-electron chi connectivity index (χ0n) is 45.9. The van der Waals surface area contributed by atoms with Crippen LogP contribution in [0.1, 0.15) is 21.1 Å². The topological polar surface area (TPSA) is 268 Å². The second-order valence-electron chi connectivity index (χ2n) is 18.4. The number of hydrogen-bond acceptors (Lipinski definition) is 20. The molecule has 0 fully saturated rings. The molecule has 0 unspecified atom stereocenters. The lowest BCUT2D eigenvalue weighted by Gasteiger charge is -2.18. The van der Waals surface area contributed by atoms with E-state index in [1.165, 1.54) is 106 Å². The van der Waals surface area contributed by atoms with Gasteiger partial charge in [-0.3, -0.25) is 19.2 Å². The SMILES string of the molecule is CN=C1C=CC(=C(c2ccc(N(C)C)cc2)c2ccc(N(C)C)cc2)C=C1.Cc1nnc(NS(=O)(=O)c2ccc(N=Nc3cc(N=Nc4ccc(S(=O)(=O)Nc5nnc(C)s5)cc4)c4c(NC(=O)C(Cl)Cl)cccc4c3OC(=O)C(Cl)Cl)cc2)s1. The highest BCUT2D eigenvalue weighted by Crippen LogP contribution is 2.46. The van der Waals surface area contributed by atoms with Gasteiger partial charge in [-0.25, -0.2) is 21.6 Å². The number of nitrogens with zero attached hydrogens (tertiary/aromatic N) is 11. The van der Waals surface area contributed by atoms with Crippen molar-refractivity contribution in [1.29, 1.82) is 0 Å². The van der Waals surface area contributed by atoms with Crippen molar-refractivity contribution in [2.45, 2.75) is 33.3 Å². The fourth-order valence-electron chi connectivity index (χ4n) is 7.88. The lowest BCUT2D eigenvalue weighted by Crippen LogP contribution is -2.19. The number of aliphatic imine (C=N–C) groups is 1. The number of anilines is 5. The number of carbonyl (C=O) groups is 2. The predicted octanol–water partition coefficient (Wildman–Crippen LogP) is 13.9. The Labute approximate surface area is 517 Å². The average molecular weight is 1300 g/mol. The molecule has 0 atom stereocenters. The number of carbonyl (C=O) groups excluding carboxylic acids is 2. The molecule has 2 heterocycles. The fourth-order valence-corrected chi connectivity index (χ4v) is 11.7. The van der Waals surface area contributed by atoms with Crippen LogP contribution in [0.3, 0.4) is 0 Å². The zero-order valence-corrected chi connectivity index (χ0v) is 52.2. The number of amides is 1. The molecule has 0 saturated heterocycles. The number of ether oxygens (including phenoxy) is 1. The lowest BCUT2D eigenvalue weighted by molar-refractivity contribution is -0.132. The van der Waals surface area contributed by atoms with E-state index < -0.39 is 41.6 Å². The van der Waals surface area contributed by atoms with E-state index in [4.69, 9.17) is 51.1 Å². The number of alkyl halides is 4. The largest absolute Gasteiger partial charge is 0.421 e. The van der Waals surface area contributed by atoms with E-state index in [1.807, 2.05) is 7.05 Å². The summed E-state index contributed by atoms with van der Waals surface area (Å²) in [4.78, 5) is 30.6. The van der Waals surface area contributed by atoms with Gasteiger partial charge in [0, 0.05) is 57.4 Å². The normalized spacial score (nSPS) is 12.4. The first kappa shape index (κ1) is 63.0. The Balaban J connectivity index is 0.000000290. The van der Waals surface area contributed by atoms with E-state index in [2.05, 4.69) is 171 Å². The number of halogens is 4. The van der Waals surface area contributed by atoms with Gasteiger partial charge >= 0.3 is 5.97 Å². The Morgan fingerprint density at radius 1 is 0.588 bits per heavy atom. The molecule has 0 radical (unpaired) electrons. The summed E-state index contributed by atoms with van der Waals surface area (Å²) in [5.41, 5.74) is 8.66. The summed E-state index contributed by atoms with van der Waals surface area (Å²) in [7, 11) is 2.04. The second-order valence-corrected chi connectivity index (χ2v) is 26.3. The molecular formula is C56H50Cl4N14O7S4. The Bertz CT molecular complexity index is 4120. The predicted molar refractivity (Wildman–Crippen MR) is 341 cm³/mol. The monoisotopic (exact) mass is 1300 g/mol. The van der Waals surface area contributed by atoms with Crippen LogP contribution in [-0.4, -0.2) is 99.7 Å². The number of sulfonamides is 2. The van der Waals surface area contributed by atoms with Crippen LogP contribution >= 0.6 is 69.1 Å². The molecule has 3 N–H and O–H groups in total. The highest BCUT2D eigenvalue weighted by molar-refractivity contribution is 7.93.